The zero-order valence-corrected chi connectivity index (χ0v) is 12.4. The number of benzene rings is 1. The lowest BCUT2D eigenvalue weighted by atomic mass is 10.0. The zero-order chi connectivity index (χ0) is 14.5. The maximum absolute atomic E-state index is 11.7. The second-order valence-corrected chi connectivity index (χ2v) is 5.55. The maximum Gasteiger partial charge on any atom is 0.326 e. The number of rotatable bonds is 7. The van der Waals surface area contributed by atoms with E-state index in [1.165, 1.54) is 12.7 Å². The van der Waals surface area contributed by atoms with Gasteiger partial charge < -0.3 is 9.47 Å². The molecule has 1 aliphatic rings. The van der Waals surface area contributed by atoms with Crippen LogP contribution >= 0.6 is 0 Å². The number of carbonyl (C=O) groups excluding carboxylic acids is 1. The number of nitrogens with one attached hydrogen (secondary N) is 1. The summed E-state index contributed by atoms with van der Waals surface area (Å²) in [4.78, 5) is 11.7. The molecule has 4 heteroatoms. The third-order valence-corrected chi connectivity index (χ3v) is 3.44. The molecule has 1 saturated carbocycles. The third kappa shape index (κ3) is 4.23. The van der Waals surface area contributed by atoms with E-state index in [1.54, 1.807) is 0 Å². The zero-order valence-electron chi connectivity index (χ0n) is 12.4. The second kappa shape index (κ2) is 6.75. The van der Waals surface area contributed by atoms with Crippen molar-refractivity contribution in [3.8, 4) is 5.75 Å². The van der Waals surface area contributed by atoms with Crippen molar-refractivity contribution in [2.75, 3.05) is 13.7 Å². The predicted octanol–water partition coefficient (Wildman–Crippen LogP) is 2.48. The van der Waals surface area contributed by atoms with Gasteiger partial charge in [0, 0.05) is 6.04 Å². The summed E-state index contributed by atoms with van der Waals surface area (Å²) in [7, 11) is 1.41. The molecule has 1 fully saturated rings. The van der Waals surface area contributed by atoms with E-state index in [-0.39, 0.29) is 5.97 Å². The molecule has 1 N–H and O–H groups in total. The van der Waals surface area contributed by atoms with Crippen LogP contribution in [0.15, 0.2) is 24.3 Å². The number of hydrogen-bond donors (Lipinski definition) is 1. The summed E-state index contributed by atoms with van der Waals surface area (Å²) >= 11 is 0. The van der Waals surface area contributed by atoms with Crippen LogP contribution in [0.25, 0.3) is 0 Å². The fourth-order valence-electron chi connectivity index (χ4n) is 2.00. The average Bonchev–Trinajstić information content (AvgIpc) is 3.26. The van der Waals surface area contributed by atoms with Gasteiger partial charge in [0.15, 0.2) is 0 Å². The molecule has 4 nitrogen and oxygen atoms in total. The van der Waals surface area contributed by atoms with E-state index in [0.717, 1.165) is 18.6 Å². The summed E-state index contributed by atoms with van der Waals surface area (Å²) in [5.74, 6) is 0.985. The Hall–Kier alpha value is -1.55. The second-order valence-electron chi connectivity index (χ2n) is 5.55. The van der Waals surface area contributed by atoms with Gasteiger partial charge in [0.2, 0.25) is 0 Å². The van der Waals surface area contributed by atoms with Crippen LogP contribution in [0.1, 0.15) is 38.2 Å². The molecule has 0 bridgehead atoms. The monoisotopic (exact) mass is 277 g/mol. The Labute approximate surface area is 120 Å². The highest BCUT2D eigenvalue weighted by atomic mass is 16.5. The van der Waals surface area contributed by atoms with Crippen molar-refractivity contribution in [1.82, 2.24) is 5.32 Å². The van der Waals surface area contributed by atoms with Crippen molar-refractivity contribution in [1.29, 1.82) is 0 Å². The summed E-state index contributed by atoms with van der Waals surface area (Å²) in [6.07, 6.45) is 2.24. The Bertz CT molecular complexity index is 455. The van der Waals surface area contributed by atoms with Gasteiger partial charge in [0.1, 0.15) is 18.4 Å². The molecular formula is C16H23NO3. The fraction of sp³-hybridized carbons (Fsp3) is 0.562. The standard InChI is InChI=1S/C16H23NO3/c1-11(2)12-5-4-6-14(9-12)20-10-15(16(18)19-3)17-13-7-8-13/h4-6,9,11,13,15,17H,7-8,10H2,1-3H3. The van der Waals surface area contributed by atoms with Gasteiger partial charge in [-0.1, -0.05) is 26.0 Å². The molecule has 110 valence electrons. The van der Waals surface area contributed by atoms with Crippen molar-refractivity contribution >= 4 is 5.97 Å². The van der Waals surface area contributed by atoms with Crippen LogP contribution in [-0.4, -0.2) is 31.8 Å². The topological polar surface area (TPSA) is 47.6 Å². The Kier molecular flexibility index (Phi) is 5.01. The van der Waals surface area contributed by atoms with Gasteiger partial charge in [-0.25, -0.2) is 0 Å². The first kappa shape index (κ1) is 14.9. The molecule has 0 aromatic heterocycles. The number of esters is 1. The minimum absolute atomic E-state index is 0.267. The molecule has 0 amide bonds. The molecular weight excluding hydrogens is 254 g/mol. The highest BCUT2D eigenvalue weighted by Gasteiger charge is 2.29. The van der Waals surface area contributed by atoms with E-state index < -0.39 is 6.04 Å². The highest BCUT2D eigenvalue weighted by molar-refractivity contribution is 5.75. The summed E-state index contributed by atoms with van der Waals surface area (Å²) in [6.45, 7) is 4.58. The predicted molar refractivity (Wildman–Crippen MR) is 78.0 cm³/mol. The summed E-state index contributed by atoms with van der Waals surface area (Å²) in [5.41, 5.74) is 1.23. The Morgan fingerprint density at radius 1 is 1.40 bits per heavy atom. The lowest BCUT2D eigenvalue weighted by molar-refractivity contribution is -0.144. The molecule has 2 rings (SSSR count). The van der Waals surface area contributed by atoms with E-state index in [9.17, 15) is 4.79 Å². The SMILES string of the molecule is COC(=O)C(COc1cccc(C(C)C)c1)NC1CC1. The smallest absolute Gasteiger partial charge is 0.326 e. The van der Waals surface area contributed by atoms with Gasteiger partial charge in [-0.3, -0.25) is 10.1 Å². The van der Waals surface area contributed by atoms with Crippen molar-refractivity contribution in [2.24, 2.45) is 0 Å². The minimum atomic E-state index is -0.393. The number of methoxy groups -OCH3 is 1. The van der Waals surface area contributed by atoms with Gasteiger partial charge >= 0.3 is 5.97 Å². The Balaban J connectivity index is 1.93. The molecule has 20 heavy (non-hydrogen) atoms. The van der Waals surface area contributed by atoms with Crippen LogP contribution in [0.3, 0.4) is 0 Å². The van der Waals surface area contributed by atoms with Crippen molar-refractivity contribution in [2.45, 2.75) is 44.7 Å². The quantitative estimate of drug-likeness (QED) is 0.778. The van der Waals surface area contributed by atoms with Crippen LogP contribution in [0.2, 0.25) is 0 Å². The summed E-state index contributed by atoms with van der Waals surface area (Å²) < 4.78 is 10.6. The van der Waals surface area contributed by atoms with Gasteiger partial charge in [0.05, 0.1) is 7.11 Å². The normalized spacial score (nSPS) is 16.0. The highest BCUT2D eigenvalue weighted by Crippen LogP contribution is 2.22. The summed E-state index contributed by atoms with van der Waals surface area (Å²) in [5, 5.41) is 3.25. The Morgan fingerprint density at radius 2 is 2.15 bits per heavy atom. The minimum Gasteiger partial charge on any atom is -0.491 e. The lowest BCUT2D eigenvalue weighted by Gasteiger charge is -2.17. The molecule has 0 radical (unpaired) electrons. The van der Waals surface area contributed by atoms with Crippen LogP contribution in [0.4, 0.5) is 0 Å². The van der Waals surface area contributed by atoms with Crippen LogP contribution in [0, 0.1) is 0 Å². The van der Waals surface area contributed by atoms with Crippen molar-refractivity contribution < 1.29 is 14.3 Å². The average molecular weight is 277 g/mol. The summed E-state index contributed by atoms with van der Waals surface area (Å²) in [6, 6.07) is 8.04. The van der Waals surface area contributed by atoms with E-state index in [0.29, 0.717) is 18.6 Å². The van der Waals surface area contributed by atoms with E-state index >= 15 is 0 Å². The van der Waals surface area contributed by atoms with Crippen LogP contribution < -0.4 is 10.1 Å². The van der Waals surface area contributed by atoms with Crippen LogP contribution in [-0.2, 0) is 9.53 Å². The molecule has 1 unspecified atom stereocenters. The first-order chi connectivity index (χ1) is 9.60. The van der Waals surface area contributed by atoms with E-state index in [1.807, 2.05) is 18.2 Å². The first-order valence-electron chi connectivity index (χ1n) is 7.16. The van der Waals surface area contributed by atoms with Gasteiger partial charge in [-0.2, -0.15) is 0 Å². The molecule has 0 heterocycles. The van der Waals surface area contributed by atoms with Gasteiger partial charge in [0.25, 0.3) is 0 Å². The molecule has 1 aromatic carbocycles. The molecule has 0 aliphatic heterocycles. The number of hydrogen-bond acceptors (Lipinski definition) is 4. The number of ether oxygens (including phenoxy) is 2. The largest absolute Gasteiger partial charge is 0.491 e. The Morgan fingerprint density at radius 3 is 2.75 bits per heavy atom. The molecule has 1 atom stereocenters. The van der Waals surface area contributed by atoms with Gasteiger partial charge in [-0.15, -0.1) is 0 Å². The van der Waals surface area contributed by atoms with E-state index in [4.69, 9.17) is 9.47 Å². The molecule has 0 spiro atoms. The van der Waals surface area contributed by atoms with Crippen LogP contribution in [0.5, 0.6) is 5.75 Å². The maximum atomic E-state index is 11.7. The first-order valence-corrected chi connectivity index (χ1v) is 7.16. The molecule has 1 aliphatic carbocycles. The lowest BCUT2D eigenvalue weighted by Crippen LogP contribution is -2.43. The number of carbonyl (C=O) groups is 1. The third-order valence-electron chi connectivity index (χ3n) is 3.44. The van der Waals surface area contributed by atoms with Crippen molar-refractivity contribution in [3.63, 3.8) is 0 Å². The molecule has 0 saturated heterocycles. The fourth-order valence-corrected chi connectivity index (χ4v) is 2.00. The van der Waals surface area contributed by atoms with Crippen molar-refractivity contribution in [3.05, 3.63) is 29.8 Å². The molecule has 1 aromatic rings. The van der Waals surface area contributed by atoms with Gasteiger partial charge in [-0.05, 0) is 36.5 Å². The van der Waals surface area contributed by atoms with E-state index in [2.05, 4.69) is 25.2 Å².